The molecule has 0 aliphatic rings. The molecule has 3 aromatic rings. The van der Waals surface area contributed by atoms with E-state index in [4.69, 9.17) is 0 Å². The Labute approximate surface area is 126 Å². The first-order valence-electron chi connectivity index (χ1n) is 6.94. The third-order valence-electron chi connectivity index (χ3n) is 3.44. The van der Waals surface area contributed by atoms with Gasteiger partial charge < -0.3 is 9.67 Å². The summed E-state index contributed by atoms with van der Waals surface area (Å²) in [5.41, 5.74) is 1.80. The van der Waals surface area contributed by atoms with Crippen molar-refractivity contribution in [2.45, 2.75) is 26.3 Å². The van der Waals surface area contributed by atoms with Crippen LogP contribution in [0.2, 0.25) is 0 Å². The van der Waals surface area contributed by atoms with Gasteiger partial charge in [0, 0.05) is 11.3 Å². The Balaban J connectivity index is 2.21. The lowest BCUT2D eigenvalue weighted by Crippen LogP contribution is -2.07. The number of carboxylic acid groups (broad SMARTS) is 1. The number of fused-ring (bicyclic) bond motifs is 1. The van der Waals surface area contributed by atoms with E-state index in [1.165, 1.54) is 4.88 Å². The van der Waals surface area contributed by atoms with Gasteiger partial charge in [-0.1, -0.05) is 19.1 Å². The molecule has 0 amide bonds. The molecule has 1 N–H and O–H groups in total. The molecule has 108 valence electrons. The lowest BCUT2D eigenvalue weighted by atomic mass is 10.2. The van der Waals surface area contributed by atoms with E-state index in [0.717, 1.165) is 29.7 Å². The molecule has 3 rings (SSSR count). The summed E-state index contributed by atoms with van der Waals surface area (Å²) in [5, 5.41) is 11.5. The van der Waals surface area contributed by atoms with Gasteiger partial charge in [0.2, 0.25) is 0 Å². The van der Waals surface area contributed by atoms with Gasteiger partial charge >= 0.3 is 5.97 Å². The van der Waals surface area contributed by atoms with Gasteiger partial charge in [0.15, 0.2) is 0 Å². The number of benzene rings is 1. The molecular formula is C16H16N2O2S. The Morgan fingerprint density at radius 2 is 2.19 bits per heavy atom. The van der Waals surface area contributed by atoms with Crippen molar-refractivity contribution in [2.75, 3.05) is 0 Å². The van der Waals surface area contributed by atoms with Crippen LogP contribution in [0.15, 0.2) is 35.7 Å². The summed E-state index contributed by atoms with van der Waals surface area (Å²) in [6, 6.07) is 9.36. The predicted molar refractivity (Wildman–Crippen MR) is 84.1 cm³/mol. The van der Waals surface area contributed by atoms with Crippen LogP contribution in [0.1, 0.15) is 34.4 Å². The van der Waals surface area contributed by atoms with E-state index in [1.54, 1.807) is 23.5 Å². The molecule has 2 heterocycles. The number of carbonyl (C=O) groups is 1. The number of rotatable bonds is 5. The van der Waals surface area contributed by atoms with Crippen LogP contribution < -0.4 is 0 Å². The quantitative estimate of drug-likeness (QED) is 0.780. The fourth-order valence-corrected chi connectivity index (χ4v) is 3.24. The normalized spacial score (nSPS) is 11.1. The number of nitrogens with zero attached hydrogens (tertiary/aromatic N) is 2. The standard InChI is InChI=1S/C16H16N2O2S/c1-2-5-14-17-13-8-3-7-12(16(19)20)15(13)18(14)10-11-6-4-9-21-11/h3-4,6-9H,2,5,10H2,1H3,(H,19,20). The first-order valence-corrected chi connectivity index (χ1v) is 7.82. The minimum Gasteiger partial charge on any atom is -0.478 e. The van der Waals surface area contributed by atoms with Crippen LogP contribution >= 0.6 is 11.3 Å². The molecule has 0 unspecified atom stereocenters. The molecular weight excluding hydrogens is 284 g/mol. The third kappa shape index (κ3) is 2.56. The van der Waals surface area contributed by atoms with E-state index in [0.29, 0.717) is 12.1 Å². The maximum atomic E-state index is 11.5. The van der Waals surface area contributed by atoms with Crippen LogP contribution in [-0.2, 0) is 13.0 Å². The zero-order valence-electron chi connectivity index (χ0n) is 11.7. The Morgan fingerprint density at radius 3 is 2.86 bits per heavy atom. The van der Waals surface area contributed by atoms with Crippen LogP contribution in [0.25, 0.3) is 11.0 Å². The number of aryl methyl sites for hydroxylation is 1. The molecule has 2 aromatic heterocycles. The van der Waals surface area contributed by atoms with Crippen molar-refractivity contribution in [3.05, 3.63) is 52.0 Å². The van der Waals surface area contributed by atoms with Crippen molar-refractivity contribution in [1.29, 1.82) is 0 Å². The van der Waals surface area contributed by atoms with Gasteiger partial charge in [-0.25, -0.2) is 9.78 Å². The molecule has 0 bridgehead atoms. The minimum atomic E-state index is -0.907. The van der Waals surface area contributed by atoms with E-state index in [1.807, 2.05) is 22.1 Å². The molecule has 21 heavy (non-hydrogen) atoms. The van der Waals surface area contributed by atoms with Gasteiger partial charge in [-0.15, -0.1) is 11.3 Å². The molecule has 0 atom stereocenters. The highest BCUT2D eigenvalue weighted by Crippen LogP contribution is 2.24. The molecule has 0 aliphatic heterocycles. The third-order valence-corrected chi connectivity index (χ3v) is 4.30. The average molecular weight is 300 g/mol. The number of imidazole rings is 1. The predicted octanol–water partition coefficient (Wildman–Crippen LogP) is 3.80. The maximum Gasteiger partial charge on any atom is 0.337 e. The molecule has 0 fully saturated rings. The lowest BCUT2D eigenvalue weighted by Gasteiger charge is -2.09. The zero-order chi connectivity index (χ0) is 14.8. The van der Waals surface area contributed by atoms with E-state index >= 15 is 0 Å². The number of thiophene rings is 1. The Morgan fingerprint density at radius 1 is 1.33 bits per heavy atom. The van der Waals surface area contributed by atoms with Gasteiger partial charge in [0.05, 0.1) is 23.1 Å². The second kappa shape index (κ2) is 5.69. The number of hydrogen-bond donors (Lipinski definition) is 1. The van der Waals surface area contributed by atoms with Gasteiger partial charge in [0.25, 0.3) is 0 Å². The summed E-state index contributed by atoms with van der Waals surface area (Å²) in [7, 11) is 0. The highest BCUT2D eigenvalue weighted by Gasteiger charge is 2.17. The summed E-state index contributed by atoms with van der Waals surface area (Å²) in [4.78, 5) is 17.3. The summed E-state index contributed by atoms with van der Waals surface area (Å²) < 4.78 is 2.05. The first kappa shape index (κ1) is 13.8. The Hall–Kier alpha value is -2.14. The van der Waals surface area contributed by atoms with Gasteiger partial charge in [0.1, 0.15) is 5.82 Å². The molecule has 0 saturated carbocycles. The van der Waals surface area contributed by atoms with Crippen LogP contribution in [0.5, 0.6) is 0 Å². The zero-order valence-corrected chi connectivity index (χ0v) is 12.6. The number of para-hydroxylation sites is 1. The van der Waals surface area contributed by atoms with Crippen molar-refractivity contribution in [1.82, 2.24) is 9.55 Å². The van der Waals surface area contributed by atoms with Crippen molar-refractivity contribution in [3.63, 3.8) is 0 Å². The van der Waals surface area contributed by atoms with E-state index in [-0.39, 0.29) is 0 Å². The fourth-order valence-electron chi connectivity index (χ4n) is 2.55. The Kier molecular flexibility index (Phi) is 3.75. The van der Waals surface area contributed by atoms with Crippen molar-refractivity contribution in [2.24, 2.45) is 0 Å². The molecule has 0 aliphatic carbocycles. The van der Waals surface area contributed by atoms with Crippen LogP contribution in [0.3, 0.4) is 0 Å². The molecule has 0 radical (unpaired) electrons. The SMILES string of the molecule is CCCc1nc2cccc(C(=O)O)c2n1Cc1cccs1. The molecule has 5 heteroatoms. The van der Waals surface area contributed by atoms with E-state index in [9.17, 15) is 9.90 Å². The van der Waals surface area contributed by atoms with Crippen molar-refractivity contribution < 1.29 is 9.90 Å². The topological polar surface area (TPSA) is 55.1 Å². The summed E-state index contributed by atoms with van der Waals surface area (Å²) in [6.07, 6.45) is 1.83. The smallest absolute Gasteiger partial charge is 0.337 e. The average Bonchev–Trinajstić information content (AvgIpc) is 3.08. The maximum absolute atomic E-state index is 11.5. The number of hydrogen-bond acceptors (Lipinski definition) is 3. The van der Waals surface area contributed by atoms with Gasteiger partial charge in [-0.05, 0) is 30.0 Å². The van der Waals surface area contributed by atoms with Gasteiger partial charge in [-0.2, -0.15) is 0 Å². The number of aromatic nitrogens is 2. The summed E-state index contributed by atoms with van der Waals surface area (Å²) >= 11 is 1.67. The highest BCUT2D eigenvalue weighted by atomic mass is 32.1. The van der Waals surface area contributed by atoms with E-state index < -0.39 is 5.97 Å². The summed E-state index contributed by atoms with van der Waals surface area (Å²) in [5.74, 6) is 0.0468. The molecule has 4 nitrogen and oxygen atoms in total. The summed E-state index contributed by atoms with van der Waals surface area (Å²) in [6.45, 7) is 2.78. The lowest BCUT2D eigenvalue weighted by molar-refractivity contribution is 0.0698. The number of carboxylic acids is 1. The van der Waals surface area contributed by atoms with Crippen LogP contribution in [-0.4, -0.2) is 20.6 Å². The molecule has 0 saturated heterocycles. The first-order chi connectivity index (χ1) is 10.2. The highest BCUT2D eigenvalue weighted by molar-refractivity contribution is 7.09. The van der Waals surface area contributed by atoms with Crippen molar-refractivity contribution >= 4 is 28.3 Å². The fraction of sp³-hybridized carbons (Fsp3) is 0.250. The van der Waals surface area contributed by atoms with Gasteiger partial charge in [-0.3, -0.25) is 0 Å². The molecule has 1 aromatic carbocycles. The second-order valence-corrected chi connectivity index (χ2v) is 5.95. The minimum absolute atomic E-state index is 0.318. The van der Waals surface area contributed by atoms with Crippen LogP contribution in [0.4, 0.5) is 0 Å². The number of aromatic carboxylic acids is 1. The largest absolute Gasteiger partial charge is 0.478 e. The van der Waals surface area contributed by atoms with Crippen LogP contribution in [0, 0.1) is 0 Å². The van der Waals surface area contributed by atoms with E-state index in [2.05, 4.69) is 18.0 Å². The Bertz CT molecular complexity index is 775. The molecule has 0 spiro atoms. The monoisotopic (exact) mass is 300 g/mol. The second-order valence-electron chi connectivity index (χ2n) is 4.92. The van der Waals surface area contributed by atoms with Crippen molar-refractivity contribution in [3.8, 4) is 0 Å².